The van der Waals surface area contributed by atoms with Crippen LogP contribution in [0.2, 0.25) is 0 Å². The van der Waals surface area contributed by atoms with Crippen molar-refractivity contribution in [3.8, 4) is 11.5 Å². The van der Waals surface area contributed by atoms with E-state index in [4.69, 9.17) is 10.2 Å². The lowest BCUT2D eigenvalue weighted by Crippen LogP contribution is -2.33. The van der Waals surface area contributed by atoms with Crippen LogP contribution in [0.4, 0.5) is 0 Å². The lowest BCUT2D eigenvalue weighted by molar-refractivity contribution is -0.138. The molecular weight excluding hydrogens is 230 g/mol. The molecule has 1 aromatic rings. The number of carbonyl (C=O) groups is 1. The SMILES string of the molecule is O=C(O)[C@@H]1CSC(c2ccc(O)cc2O)N1. The Balaban J connectivity index is 2.17. The molecule has 0 saturated carbocycles. The van der Waals surface area contributed by atoms with Gasteiger partial charge in [0.25, 0.3) is 0 Å². The molecule has 1 heterocycles. The molecule has 0 amide bonds. The van der Waals surface area contributed by atoms with Crippen molar-refractivity contribution in [3.05, 3.63) is 23.8 Å². The van der Waals surface area contributed by atoms with Gasteiger partial charge in [-0.1, -0.05) is 0 Å². The van der Waals surface area contributed by atoms with Crippen molar-refractivity contribution in [1.29, 1.82) is 0 Å². The fourth-order valence-electron chi connectivity index (χ4n) is 1.55. The Bertz CT molecular complexity index is 423. The number of benzene rings is 1. The molecule has 1 aliphatic heterocycles. The van der Waals surface area contributed by atoms with Gasteiger partial charge in [0.15, 0.2) is 0 Å². The zero-order valence-electron chi connectivity index (χ0n) is 8.25. The Morgan fingerprint density at radius 1 is 1.44 bits per heavy atom. The van der Waals surface area contributed by atoms with E-state index in [-0.39, 0.29) is 16.9 Å². The highest BCUT2D eigenvalue weighted by molar-refractivity contribution is 7.99. The number of thioether (sulfide) groups is 1. The Kier molecular flexibility index (Phi) is 2.93. The largest absolute Gasteiger partial charge is 0.508 e. The summed E-state index contributed by atoms with van der Waals surface area (Å²) in [7, 11) is 0. The molecule has 1 aromatic carbocycles. The van der Waals surface area contributed by atoms with Crippen LogP contribution in [0.3, 0.4) is 0 Å². The van der Waals surface area contributed by atoms with E-state index in [1.165, 1.54) is 23.9 Å². The second-order valence-corrected chi connectivity index (χ2v) is 4.65. The van der Waals surface area contributed by atoms with Crippen molar-refractivity contribution < 1.29 is 20.1 Å². The van der Waals surface area contributed by atoms with E-state index in [0.29, 0.717) is 11.3 Å². The molecule has 1 aliphatic rings. The van der Waals surface area contributed by atoms with Gasteiger partial charge in [0.2, 0.25) is 0 Å². The van der Waals surface area contributed by atoms with Crippen molar-refractivity contribution >= 4 is 17.7 Å². The van der Waals surface area contributed by atoms with Gasteiger partial charge < -0.3 is 15.3 Å². The van der Waals surface area contributed by atoms with Crippen molar-refractivity contribution in [3.63, 3.8) is 0 Å². The van der Waals surface area contributed by atoms with E-state index in [2.05, 4.69) is 5.32 Å². The first-order valence-electron chi connectivity index (χ1n) is 4.70. The smallest absolute Gasteiger partial charge is 0.321 e. The highest BCUT2D eigenvalue weighted by Gasteiger charge is 2.31. The second kappa shape index (κ2) is 4.23. The maximum atomic E-state index is 10.7. The Morgan fingerprint density at radius 3 is 2.75 bits per heavy atom. The molecular formula is C10H11NO4S. The van der Waals surface area contributed by atoms with E-state index < -0.39 is 12.0 Å². The summed E-state index contributed by atoms with van der Waals surface area (Å²) >= 11 is 1.42. The van der Waals surface area contributed by atoms with Crippen LogP contribution in [0.5, 0.6) is 11.5 Å². The third kappa shape index (κ3) is 2.07. The first-order chi connectivity index (χ1) is 7.58. The lowest BCUT2D eigenvalue weighted by atomic mass is 10.2. The number of rotatable bonds is 2. The van der Waals surface area contributed by atoms with Crippen LogP contribution in [-0.4, -0.2) is 33.1 Å². The first kappa shape index (κ1) is 11.1. The molecule has 1 fully saturated rings. The molecule has 86 valence electrons. The van der Waals surface area contributed by atoms with Crippen LogP contribution in [-0.2, 0) is 4.79 Å². The molecule has 5 nitrogen and oxygen atoms in total. The first-order valence-corrected chi connectivity index (χ1v) is 5.75. The van der Waals surface area contributed by atoms with E-state index in [1.54, 1.807) is 6.07 Å². The van der Waals surface area contributed by atoms with Crippen molar-refractivity contribution in [2.45, 2.75) is 11.4 Å². The quantitative estimate of drug-likeness (QED) is 0.614. The minimum atomic E-state index is -0.895. The highest BCUT2D eigenvalue weighted by atomic mass is 32.2. The Labute approximate surface area is 96.1 Å². The molecule has 16 heavy (non-hydrogen) atoms. The van der Waals surface area contributed by atoms with E-state index >= 15 is 0 Å². The number of nitrogens with one attached hydrogen (secondary N) is 1. The maximum absolute atomic E-state index is 10.7. The third-order valence-electron chi connectivity index (χ3n) is 2.38. The normalized spacial score (nSPS) is 24.5. The number of phenols is 2. The molecule has 0 bridgehead atoms. The fourth-order valence-corrected chi connectivity index (χ4v) is 2.81. The summed E-state index contributed by atoms with van der Waals surface area (Å²) in [6.07, 6.45) is 0. The maximum Gasteiger partial charge on any atom is 0.321 e. The van der Waals surface area contributed by atoms with Gasteiger partial charge in [0.1, 0.15) is 17.5 Å². The summed E-state index contributed by atoms with van der Waals surface area (Å²) in [6, 6.07) is 3.69. The van der Waals surface area contributed by atoms with Gasteiger partial charge in [-0.25, -0.2) is 0 Å². The average molecular weight is 241 g/mol. The van der Waals surface area contributed by atoms with Crippen LogP contribution >= 0.6 is 11.8 Å². The number of aliphatic carboxylic acids is 1. The van der Waals surface area contributed by atoms with E-state index in [1.807, 2.05) is 0 Å². The number of hydrogen-bond donors (Lipinski definition) is 4. The summed E-state index contributed by atoms with van der Waals surface area (Å²) < 4.78 is 0. The molecule has 0 spiro atoms. The van der Waals surface area contributed by atoms with Crippen LogP contribution in [0, 0.1) is 0 Å². The predicted molar refractivity (Wildman–Crippen MR) is 59.5 cm³/mol. The van der Waals surface area contributed by atoms with Gasteiger partial charge in [-0.3, -0.25) is 10.1 Å². The molecule has 0 aromatic heterocycles. The number of aromatic hydroxyl groups is 2. The average Bonchev–Trinajstić information content (AvgIpc) is 2.66. The summed E-state index contributed by atoms with van der Waals surface area (Å²) in [6.45, 7) is 0. The van der Waals surface area contributed by atoms with Gasteiger partial charge in [0.05, 0.1) is 5.37 Å². The minimum Gasteiger partial charge on any atom is -0.508 e. The summed E-state index contributed by atoms with van der Waals surface area (Å²) in [5.41, 5.74) is 0.589. The lowest BCUT2D eigenvalue weighted by Gasteiger charge is -2.12. The highest BCUT2D eigenvalue weighted by Crippen LogP contribution is 2.38. The summed E-state index contributed by atoms with van der Waals surface area (Å²) in [5, 5.41) is 30.2. The Hall–Kier alpha value is -1.40. The van der Waals surface area contributed by atoms with Gasteiger partial charge in [-0.2, -0.15) is 0 Å². The zero-order valence-corrected chi connectivity index (χ0v) is 9.07. The van der Waals surface area contributed by atoms with Crippen molar-refractivity contribution in [2.24, 2.45) is 0 Å². The third-order valence-corrected chi connectivity index (χ3v) is 3.63. The number of phenolic OH excluding ortho intramolecular Hbond substituents is 2. The molecule has 2 atom stereocenters. The molecule has 6 heteroatoms. The van der Waals surface area contributed by atoms with Crippen LogP contribution in [0.15, 0.2) is 18.2 Å². The van der Waals surface area contributed by atoms with Crippen LogP contribution < -0.4 is 5.32 Å². The van der Waals surface area contributed by atoms with Gasteiger partial charge in [-0.15, -0.1) is 11.8 Å². The molecule has 0 aliphatic carbocycles. The topological polar surface area (TPSA) is 89.8 Å². The standard InChI is InChI=1S/C10H11NO4S/c12-5-1-2-6(8(13)3-5)9-11-7(4-16-9)10(14)15/h1-3,7,9,11-13H,4H2,(H,14,15)/t7-,9?/m0/s1. The van der Waals surface area contributed by atoms with Crippen LogP contribution in [0.1, 0.15) is 10.9 Å². The number of carboxylic acid groups (broad SMARTS) is 1. The fraction of sp³-hybridized carbons (Fsp3) is 0.300. The second-order valence-electron chi connectivity index (χ2n) is 3.51. The van der Waals surface area contributed by atoms with Crippen LogP contribution in [0.25, 0.3) is 0 Å². The zero-order chi connectivity index (χ0) is 11.7. The molecule has 1 saturated heterocycles. The summed E-state index contributed by atoms with van der Waals surface area (Å²) in [5.74, 6) is -0.483. The Morgan fingerprint density at radius 2 is 2.19 bits per heavy atom. The van der Waals surface area contributed by atoms with Crippen molar-refractivity contribution in [2.75, 3.05) is 5.75 Å². The molecule has 2 rings (SSSR count). The monoisotopic (exact) mass is 241 g/mol. The van der Waals surface area contributed by atoms with Gasteiger partial charge in [0, 0.05) is 17.4 Å². The molecule has 0 radical (unpaired) electrons. The predicted octanol–water partition coefficient (Wildman–Crippen LogP) is 0.886. The minimum absolute atomic E-state index is 0.0148. The molecule has 1 unspecified atom stereocenters. The van der Waals surface area contributed by atoms with Crippen molar-refractivity contribution in [1.82, 2.24) is 5.32 Å². The van der Waals surface area contributed by atoms with E-state index in [0.717, 1.165) is 0 Å². The van der Waals surface area contributed by atoms with Gasteiger partial charge in [-0.05, 0) is 12.1 Å². The number of hydrogen-bond acceptors (Lipinski definition) is 5. The van der Waals surface area contributed by atoms with E-state index in [9.17, 15) is 9.90 Å². The van der Waals surface area contributed by atoms with Gasteiger partial charge >= 0.3 is 5.97 Å². The molecule has 4 N–H and O–H groups in total. The number of carboxylic acids is 1. The summed E-state index contributed by atoms with van der Waals surface area (Å²) in [4.78, 5) is 10.7.